The number of rotatable bonds is 3. The molecule has 0 saturated heterocycles. The summed E-state index contributed by atoms with van der Waals surface area (Å²) in [5, 5.41) is 4.88. The zero-order valence-corrected chi connectivity index (χ0v) is 15.6. The number of thiophene rings is 1. The van der Waals surface area contributed by atoms with Gasteiger partial charge in [0.25, 0.3) is 0 Å². The van der Waals surface area contributed by atoms with Gasteiger partial charge in [-0.05, 0) is 29.7 Å². The smallest absolute Gasteiger partial charge is 0.352 e. The molecule has 1 aromatic carbocycles. The maximum Gasteiger partial charge on any atom is 0.352 e. The maximum absolute atomic E-state index is 14.1. The van der Waals surface area contributed by atoms with Gasteiger partial charge in [-0.15, -0.1) is 11.3 Å². The highest BCUT2D eigenvalue weighted by atomic mass is 32.1. The third kappa shape index (κ3) is 2.90. The van der Waals surface area contributed by atoms with Gasteiger partial charge < -0.3 is 9.47 Å². The third-order valence-electron chi connectivity index (χ3n) is 4.83. The van der Waals surface area contributed by atoms with Crippen LogP contribution in [0.5, 0.6) is 5.75 Å². The summed E-state index contributed by atoms with van der Waals surface area (Å²) < 4.78 is 41.2. The van der Waals surface area contributed by atoms with Crippen molar-refractivity contribution in [2.45, 2.75) is 27.0 Å². The molecule has 0 radical (unpaired) electrons. The summed E-state index contributed by atoms with van der Waals surface area (Å²) in [6, 6.07) is 2.34. The van der Waals surface area contributed by atoms with Crippen LogP contribution in [-0.2, 0) is 24.3 Å². The minimum absolute atomic E-state index is 0. The summed E-state index contributed by atoms with van der Waals surface area (Å²) in [5.41, 5.74) is 1.46. The second kappa shape index (κ2) is 7.20. The van der Waals surface area contributed by atoms with Crippen molar-refractivity contribution >= 4 is 27.2 Å². The first kappa shape index (κ1) is 19.5. The van der Waals surface area contributed by atoms with Gasteiger partial charge in [0, 0.05) is 4.88 Å². The van der Waals surface area contributed by atoms with Gasteiger partial charge in [-0.2, -0.15) is 9.61 Å². The van der Waals surface area contributed by atoms with Gasteiger partial charge in [-0.3, -0.25) is 4.57 Å². The Morgan fingerprint density at radius 3 is 2.79 bits per heavy atom. The number of halogens is 2. The van der Waals surface area contributed by atoms with Crippen LogP contribution in [0.4, 0.5) is 8.78 Å². The van der Waals surface area contributed by atoms with Crippen LogP contribution in [-0.4, -0.2) is 32.9 Å². The summed E-state index contributed by atoms with van der Waals surface area (Å²) in [5.74, 6) is -2.08. The maximum atomic E-state index is 14.1. The Morgan fingerprint density at radius 1 is 1.31 bits per heavy atom. The lowest BCUT2D eigenvalue weighted by Gasteiger charge is -2.12. The van der Waals surface area contributed by atoms with E-state index in [-0.39, 0.29) is 14.0 Å². The standard InChI is InChI=1S/C18H14F2N4O3S.CH4/c1-26-15-11(19)4-9(5-12(15)20)6-23-17-14(10-2-3-27-7-13(10)28-17)16-21-8-22-24(16)18(23)25;/h4-5,8H,2-3,6-7H2,1H3;1H4. The Balaban J connectivity index is 0.00000205. The molecule has 3 aromatic heterocycles. The fourth-order valence-corrected chi connectivity index (χ4v) is 4.88. The first-order valence-electron chi connectivity index (χ1n) is 8.55. The van der Waals surface area contributed by atoms with Crippen LogP contribution >= 0.6 is 11.3 Å². The van der Waals surface area contributed by atoms with Crippen molar-refractivity contribution in [3.63, 3.8) is 0 Å². The van der Waals surface area contributed by atoms with Crippen molar-refractivity contribution in [2.75, 3.05) is 13.7 Å². The molecular formula is C19H18F2N4O3S. The molecule has 0 fully saturated rings. The van der Waals surface area contributed by atoms with Gasteiger partial charge in [0.1, 0.15) is 11.2 Å². The van der Waals surface area contributed by atoms with Crippen LogP contribution in [0, 0.1) is 11.6 Å². The monoisotopic (exact) mass is 420 g/mol. The minimum atomic E-state index is -0.817. The number of ether oxygens (including phenoxy) is 2. The molecule has 0 atom stereocenters. The second-order valence-corrected chi connectivity index (χ2v) is 7.53. The fraction of sp³-hybridized carbons (Fsp3) is 0.316. The normalized spacial score (nSPS) is 13.5. The number of aromatic nitrogens is 4. The minimum Gasteiger partial charge on any atom is -0.491 e. The topological polar surface area (TPSA) is 70.7 Å². The van der Waals surface area contributed by atoms with Crippen LogP contribution in [0.25, 0.3) is 15.9 Å². The third-order valence-corrected chi connectivity index (χ3v) is 6.06. The van der Waals surface area contributed by atoms with E-state index in [0.717, 1.165) is 15.8 Å². The van der Waals surface area contributed by atoms with Gasteiger partial charge in [0.15, 0.2) is 23.0 Å². The number of hydrogen-bond acceptors (Lipinski definition) is 6. The molecule has 0 N–H and O–H groups in total. The van der Waals surface area contributed by atoms with Crippen LogP contribution in [0.15, 0.2) is 23.3 Å². The van der Waals surface area contributed by atoms with E-state index < -0.39 is 23.1 Å². The number of methoxy groups -OCH3 is 1. The second-order valence-electron chi connectivity index (χ2n) is 6.44. The average molecular weight is 420 g/mol. The molecule has 1 aliphatic rings. The SMILES string of the molecule is C.COc1c(F)cc(Cn2c(=O)n3ncnc3c3c4c(sc32)COCC4)cc1F. The van der Waals surface area contributed by atoms with Gasteiger partial charge in [-0.25, -0.2) is 18.6 Å². The predicted molar refractivity (Wildman–Crippen MR) is 105 cm³/mol. The summed E-state index contributed by atoms with van der Waals surface area (Å²) in [4.78, 5) is 19.0. The molecular weight excluding hydrogens is 402 g/mol. The highest BCUT2D eigenvalue weighted by Crippen LogP contribution is 2.36. The van der Waals surface area contributed by atoms with E-state index in [1.807, 2.05) is 0 Å². The molecule has 152 valence electrons. The van der Waals surface area contributed by atoms with Gasteiger partial charge in [-0.1, -0.05) is 7.43 Å². The molecule has 0 aliphatic carbocycles. The predicted octanol–water partition coefficient (Wildman–Crippen LogP) is 3.15. The van der Waals surface area contributed by atoms with Crippen molar-refractivity contribution in [1.82, 2.24) is 19.2 Å². The first-order valence-corrected chi connectivity index (χ1v) is 9.36. The lowest BCUT2D eigenvalue weighted by atomic mass is 10.1. The van der Waals surface area contributed by atoms with Gasteiger partial charge in [0.05, 0.1) is 32.3 Å². The highest BCUT2D eigenvalue weighted by Gasteiger charge is 2.24. The molecule has 29 heavy (non-hydrogen) atoms. The first-order chi connectivity index (χ1) is 13.6. The largest absolute Gasteiger partial charge is 0.491 e. The molecule has 4 aromatic rings. The molecule has 0 unspecified atom stereocenters. The Labute approximate surface area is 168 Å². The summed E-state index contributed by atoms with van der Waals surface area (Å²) in [7, 11) is 1.20. The molecule has 5 rings (SSSR count). The van der Waals surface area contributed by atoms with Crippen LogP contribution in [0.1, 0.15) is 23.4 Å². The molecule has 0 amide bonds. The molecule has 1 aliphatic heterocycles. The lowest BCUT2D eigenvalue weighted by molar-refractivity contribution is 0.114. The van der Waals surface area contributed by atoms with E-state index in [9.17, 15) is 13.6 Å². The number of benzene rings is 1. The molecule has 0 saturated carbocycles. The number of nitrogens with zero attached hydrogens (tertiary/aromatic N) is 4. The average Bonchev–Trinajstić information content (AvgIpc) is 3.29. The Kier molecular flexibility index (Phi) is 4.83. The van der Waals surface area contributed by atoms with E-state index >= 15 is 0 Å². The summed E-state index contributed by atoms with van der Waals surface area (Å²) in [6.07, 6.45) is 2.04. The molecule has 10 heteroatoms. The number of hydrogen-bond donors (Lipinski definition) is 0. The van der Waals surface area contributed by atoms with E-state index in [2.05, 4.69) is 10.1 Å². The van der Waals surface area contributed by atoms with Crippen LogP contribution < -0.4 is 10.4 Å². The Morgan fingerprint density at radius 2 is 2.07 bits per heavy atom. The zero-order valence-electron chi connectivity index (χ0n) is 14.7. The summed E-state index contributed by atoms with van der Waals surface area (Å²) >= 11 is 1.44. The van der Waals surface area contributed by atoms with Crippen molar-refractivity contribution in [3.8, 4) is 5.75 Å². The van der Waals surface area contributed by atoms with Crippen LogP contribution in [0.2, 0.25) is 0 Å². The Hall–Kier alpha value is -2.85. The van der Waals surface area contributed by atoms with E-state index in [1.165, 1.54) is 46.0 Å². The highest BCUT2D eigenvalue weighted by molar-refractivity contribution is 7.19. The van der Waals surface area contributed by atoms with E-state index in [4.69, 9.17) is 9.47 Å². The molecule has 7 nitrogen and oxygen atoms in total. The summed E-state index contributed by atoms with van der Waals surface area (Å²) in [6.45, 7) is 1.05. The van der Waals surface area contributed by atoms with E-state index in [1.54, 1.807) is 0 Å². The van der Waals surface area contributed by atoms with E-state index in [0.29, 0.717) is 35.7 Å². The van der Waals surface area contributed by atoms with Crippen LogP contribution in [0.3, 0.4) is 0 Å². The molecule has 4 heterocycles. The van der Waals surface area contributed by atoms with Gasteiger partial charge in [0.2, 0.25) is 0 Å². The zero-order chi connectivity index (χ0) is 19.4. The van der Waals surface area contributed by atoms with Gasteiger partial charge >= 0.3 is 5.69 Å². The van der Waals surface area contributed by atoms with Crippen molar-refractivity contribution in [3.05, 3.63) is 56.6 Å². The fourth-order valence-electron chi connectivity index (χ4n) is 3.61. The molecule has 0 spiro atoms. The lowest BCUT2D eigenvalue weighted by Crippen LogP contribution is -2.28. The Bertz CT molecular complexity index is 1270. The van der Waals surface area contributed by atoms with Crippen molar-refractivity contribution in [1.29, 1.82) is 0 Å². The quantitative estimate of drug-likeness (QED) is 0.509. The number of fused-ring (bicyclic) bond motifs is 5. The molecule has 0 bridgehead atoms. The van der Waals surface area contributed by atoms with Crippen molar-refractivity contribution < 1.29 is 18.3 Å². The van der Waals surface area contributed by atoms with Crippen molar-refractivity contribution in [2.24, 2.45) is 0 Å².